The quantitative estimate of drug-likeness (QED) is 0.484. The second-order valence-electron chi connectivity index (χ2n) is 6.90. The van der Waals surface area contributed by atoms with Crippen molar-refractivity contribution < 1.29 is 9.59 Å². The molecule has 1 aliphatic heterocycles. The average Bonchev–Trinajstić information content (AvgIpc) is 3.34. The number of fused-ring (bicyclic) bond motifs is 1. The molecule has 3 heterocycles. The van der Waals surface area contributed by atoms with Crippen LogP contribution in [0.5, 0.6) is 0 Å². The largest absolute Gasteiger partial charge is 0.368 e. The van der Waals surface area contributed by atoms with Crippen LogP contribution in [0.3, 0.4) is 0 Å². The van der Waals surface area contributed by atoms with Crippen LogP contribution < -0.4 is 5.32 Å². The molecule has 3 aromatic rings. The van der Waals surface area contributed by atoms with Gasteiger partial charge in [0.05, 0.1) is 6.33 Å². The minimum atomic E-state index is -0.00231. The Morgan fingerprint density at radius 2 is 2.21 bits per heavy atom. The van der Waals surface area contributed by atoms with Crippen molar-refractivity contribution in [2.45, 2.75) is 26.2 Å². The van der Waals surface area contributed by atoms with Gasteiger partial charge in [0.25, 0.3) is 0 Å². The highest BCUT2D eigenvalue weighted by atomic mass is 16.2. The third-order valence-electron chi connectivity index (χ3n) is 4.88. The smallest absolute Gasteiger partial charge is 0.222 e. The second kappa shape index (κ2) is 7.75. The fourth-order valence-corrected chi connectivity index (χ4v) is 3.38. The lowest BCUT2D eigenvalue weighted by molar-refractivity contribution is -0.127. The Morgan fingerprint density at radius 1 is 1.32 bits per heavy atom. The Kier molecular flexibility index (Phi) is 5.01. The zero-order chi connectivity index (χ0) is 19.5. The molecule has 0 saturated carbocycles. The lowest BCUT2D eigenvalue weighted by atomic mass is 10.1. The number of anilines is 1. The van der Waals surface area contributed by atoms with Gasteiger partial charge in [-0.2, -0.15) is 0 Å². The number of Topliss-reactive ketones (excluding diaryl/α,β-unsaturated/α-hetero) is 1. The van der Waals surface area contributed by atoms with Crippen molar-refractivity contribution in [3.05, 3.63) is 36.2 Å². The van der Waals surface area contributed by atoms with E-state index in [2.05, 4.69) is 25.3 Å². The topological polar surface area (TPSA) is 104 Å². The number of carbonyl (C=O) groups excluding carboxylic acids is 2. The summed E-state index contributed by atoms with van der Waals surface area (Å²) in [5.74, 6) is 1.42. The summed E-state index contributed by atoms with van der Waals surface area (Å²) >= 11 is 0. The fraction of sp³-hybridized carbons (Fsp3) is 0.350. The van der Waals surface area contributed by atoms with E-state index in [1.54, 1.807) is 18.5 Å². The van der Waals surface area contributed by atoms with Gasteiger partial charge in [-0.05, 0) is 25.8 Å². The zero-order valence-corrected chi connectivity index (χ0v) is 15.7. The van der Waals surface area contributed by atoms with Gasteiger partial charge in [0, 0.05) is 37.2 Å². The number of H-pyrrole nitrogens is 1. The van der Waals surface area contributed by atoms with E-state index in [9.17, 15) is 9.59 Å². The summed E-state index contributed by atoms with van der Waals surface area (Å²) in [6.07, 6.45) is 4.04. The Morgan fingerprint density at radius 3 is 3.00 bits per heavy atom. The summed E-state index contributed by atoms with van der Waals surface area (Å²) < 4.78 is 0. The lowest BCUT2D eigenvalue weighted by Gasteiger charge is -2.15. The van der Waals surface area contributed by atoms with E-state index in [-0.39, 0.29) is 11.7 Å². The third-order valence-corrected chi connectivity index (χ3v) is 4.88. The number of imidazole rings is 1. The molecule has 0 atom stereocenters. The standard InChI is InChI=1S/C20H22N6O2/c1-13(27)14-5-2-6-15(11-14)18-24-19(17-20(25-18)23-12-22-17)21-8-4-10-26-9-3-7-16(26)28/h2,5-6,11-12H,3-4,7-10H2,1H3,(H2,21,22,23,24,25). The molecule has 0 unspecified atom stereocenters. The van der Waals surface area contributed by atoms with Gasteiger partial charge in [-0.3, -0.25) is 9.59 Å². The Labute approximate surface area is 162 Å². The van der Waals surface area contributed by atoms with Crippen LogP contribution in [0, 0.1) is 0 Å². The van der Waals surface area contributed by atoms with Gasteiger partial charge in [-0.1, -0.05) is 18.2 Å². The lowest BCUT2D eigenvalue weighted by Crippen LogP contribution is -2.27. The van der Waals surface area contributed by atoms with Crippen molar-refractivity contribution in [2.75, 3.05) is 25.0 Å². The molecule has 0 spiro atoms. The summed E-state index contributed by atoms with van der Waals surface area (Å²) in [7, 11) is 0. The number of hydrogen-bond acceptors (Lipinski definition) is 6. The first-order chi connectivity index (χ1) is 13.6. The molecule has 1 amide bonds. The summed E-state index contributed by atoms with van der Waals surface area (Å²) in [5, 5.41) is 3.33. The molecule has 1 saturated heterocycles. The number of nitrogens with one attached hydrogen (secondary N) is 2. The first-order valence-corrected chi connectivity index (χ1v) is 9.46. The normalized spacial score (nSPS) is 14.0. The zero-order valence-electron chi connectivity index (χ0n) is 15.7. The van der Waals surface area contributed by atoms with E-state index >= 15 is 0 Å². The van der Waals surface area contributed by atoms with Crippen molar-refractivity contribution in [3.8, 4) is 11.4 Å². The van der Waals surface area contributed by atoms with Crippen molar-refractivity contribution in [1.82, 2.24) is 24.8 Å². The molecule has 1 aromatic carbocycles. The molecule has 0 radical (unpaired) electrons. The van der Waals surface area contributed by atoms with E-state index in [1.807, 2.05) is 17.0 Å². The van der Waals surface area contributed by atoms with Crippen LogP contribution in [-0.2, 0) is 4.79 Å². The Bertz CT molecular complexity index is 1030. The van der Waals surface area contributed by atoms with Crippen molar-refractivity contribution in [1.29, 1.82) is 0 Å². The summed E-state index contributed by atoms with van der Waals surface area (Å²) in [4.78, 5) is 41.8. The SMILES string of the molecule is CC(=O)c1cccc(-c2nc(NCCCN3CCCC3=O)c3[nH]cnc3n2)c1. The molecule has 8 heteroatoms. The van der Waals surface area contributed by atoms with Crippen LogP contribution in [0.15, 0.2) is 30.6 Å². The molecule has 1 aliphatic rings. The Hall–Kier alpha value is -3.29. The van der Waals surface area contributed by atoms with Gasteiger partial charge in [-0.15, -0.1) is 0 Å². The molecule has 2 aromatic heterocycles. The van der Waals surface area contributed by atoms with Crippen molar-refractivity contribution in [3.63, 3.8) is 0 Å². The number of hydrogen-bond donors (Lipinski definition) is 2. The monoisotopic (exact) mass is 378 g/mol. The van der Waals surface area contributed by atoms with Gasteiger partial charge >= 0.3 is 0 Å². The van der Waals surface area contributed by atoms with Gasteiger partial charge in [0.15, 0.2) is 23.1 Å². The molecule has 1 fully saturated rings. The van der Waals surface area contributed by atoms with Gasteiger partial charge in [0.1, 0.15) is 5.52 Å². The molecular weight excluding hydrogens is 356 g/mol. The van der Waals surface area contributed by atoms with Crippen LogP contribution in [-0.4, -0.2) is 56.2 Å². The third kappa shape index (κ3) is 3.71. The van der Waals surface area contributed by atoms with E-state index in [0.717, 1.165) is 37.0 Å². The Balaban J connectivity index is 1.53. The minimum absolute atomic E-state index is 0.00231. The molecule has 2 N–H and O–H groups in total. The van der Waals surface area contributed by atoms with Crippen LogP contribution in [0.25, 0.3) is 22.6 Å². The van der Waals surface area contributed by atoms with Crippen molar-refractivity contribution >= 4 is 28.7 Å². The summed E-state index contributed by atoms with van der Waals surface area (Å²) in [6, 6.07) is 7.27. The molecular formula is C20H22N6O2. The maximum Gasteiger partial charge on any atom is 0.222 e. The number of nitrogens with zero attached hydrogens (tertiary/aromatic N) is 4. The van der Waals surface area contributed by atoms with Crippen LogP contribution >= 0.6 is 0 Å². The van der Waals surface area contributed by atoms with E-state index < -0.39 is 0 Å². The molecule has 0 bridgehead atoms. The van der Waals surface area contributed by atoms with Crippen LogP contribution in [0.1, 0.15) is 36.5 Å². The van der Waals surface area contributed by atoms with E-state index in [4.69, 9.17) is 0 Å². The first kappa shape index (κ1) is 18.1. The predicted molar refractivity (Wildman–Crippen MR) is 106 cm³/mol. The number of aromatic amines is 1. The molecule has 144 valence electrons. The maximum atomic E-state index is 11.7. The highest BCUT2D eigenvalue weighted by Crippen LogP contribution is 2.23. The number of amides is 1. The predicted octanol–water partition coefficient (Wildman–Crippen LogP) is 2.65. The molecule has 8 nitrogen and oxygen atoms in total. The molecule has 4 rings (SSSR count). The number of likely N-dealkylation sites (tertiary alicyclic amines) is 1. The van der Waals surface area contributed by atoms with Gasteiger partial charge < -0.3 is 15.2 Å². The molecule has 28 heavy (non-hydrogen) atoms. The van der Waals surface area contributed by atoms with E-state index in [1.165, 1.54) is 6.92 Å². The second-order valence-corrected chi connectivity index (χ2v) is 6.90. The van der Waals surface area contributed by atoms with Gasteiger partial charge in [0.2, 0.25) is 5.91 Å². The van der Waals surface area contributed by atoms with E-state index in [0.29, 0.717) is 35.8 Å². The maximum absolute atomic E-state index is 11.7. The summed E-state index contributed by atoms with van der Waals surface area (Å²) in [6.45, 7) is 3.82. The fourth-order valence-electron chi connectivity index (χ4n) is 3.38. The number of rotatable bonds is 7. The van der Waals surface area contributed by atoms with Gasteiger partial charge in [-0.25, -0.2) is 15.0 Å². The highest BCUT2D eigenvalue weighted by molar-refractivity contribution is 5.95. The van der Waals surface area contributed by atoms with Crippen LogP contribution in [0.4, 0.5) is 5.82 Å². The number of carbonyl (C=O) groups is 2. The van der Waals surface area contributed by atoms with Crippen LogP contribution in [0.2, 0.25) is 0 Å². The highest BCUT2D eigenvalue weighted by Gasteiger charge is 2.19. The molecule has 0 aliphatic carbocycles. The van der Waals surface area contributed by atoms with Crippen molar-refractivity contribution in [2.24, 2.45) is 0 Å². The number of benzene rings is 1. The number of aromatic nitrogens is 4. The average molecular weight is 378 g/mol. The first-order valence-electron chi connectivity index (χ1n) is 9.46. The minimum Gasteiger partial charge on any atom is -0.368 e. The summed E-state index contributed by atoms with van der Waals surface area (Å²) in [5.41, 5.74) is 2.69. The number of ketones is 1.